The van der Waals surface area contributed by atoms with Crippen molar-refractivity contribution in [1.29, 1.82) is 0 Å². The largest absolute Gasteiger partial charge is 0.452 e. The first-order valence-electron chi connectivity index (χ1n) is 18.4. The van der Waals surface area contributed by atoms with Gasteiger partial charge in [-0.3, -0.25) is 0 Å². The molecule has 0 saturated carbocycles. The van der Waals surface area contributed by atoms with Gasteiger partial charge in [-0.25, -0.2) is 9.97 Å². The lowest BCUT2D eigenvalue weighted by Gasteiger charge is -2.34. The van der Waals surface area contributed by atoms with E-state index in [-0.39, 0.29) is 0 Å². The van der Waals surface area contributed by atoms with Crippen molar-refractivity contribution in [1.82, 2.24) is 9.97 Å². The molecule has 10 aromatic rings. The van der Waals surface area contributed by atoms with Gasteiger partial charge in [-0.1, -0.05) is 164 Å². The minimum atomic E-state index is -0.529. The number of benzene rings is 8. The summed E-state index contributed by atoms with van der Waals surface area (Å²) in [6.07, 6.45) is 0. The van der Waals surface area contributed by atoms with E-state index in [9.17, 15) is 0 Å². The average molecular weight is 689 g/mol. The molecule has 54 heavy (non-hydrogen) atoms. The fraction of sp³-hybridized carbons (Fsp3) is 0.0196. The second-order valence-electron chi connectivity index (χ2n) is 14.1. The third kappa shape index (κ3) is 4.49. The Hall–Kier alpha value is -7.10. The van der Waals surface area contributed by atoms with Crippen LogP contribution in [0.15, 0.2) is 199 Å². The van der Waals surface area contributed by atoms with Crippen molar-refractivity contribution in [2.45, 2.75) is 5.41 Å². The molecular weight excluding hydrogens is 657 g/mol. The van der Waals surface area contributed by atoms with Crippen LogP contribution >= 0.6 is 0 Å². The van der Waals surface area contributed by atoms with E-state index in [0.29, 0.717) is 11.4 Å². The van der Waals surface area contributed by atoms with E-state index in [1.54, 1.807) is 0 Å². The van der Waals surface area contributed by atoms with Gasteiger partial charge in [-0.15, -0.1) is 0 Å². The number of fused-ring (bicyclic) bond motifs is 7. The van der Waals surface area contributed by atoms with E-state index in [4.69, 9.17) is 14.4 Å². The van der Waals surface area contributed by atoms with Crippen LogP contribution in [0.4, 0.5) is 0 Å². The smallest absolute Gasteiger partial charge is 0.180 e. The summed E-state index contributed by atoms with van der Waals surface area (Å²) in [5, 5.41) is 3.30. The first-order valence-corrected chi connectivity index (χ1v) is 18.4. The van der Waals surface area contributed by atoms with Crippen LogP contribution in [-0.4, -0.2) is 9.97 Å². The molecule has 0 atom stereocenters. The van der Waals surface area contributed by atoms with Crippen LogP contribution in [0.3, 0.4) is 0 Å². The average Bonchev–Trinajstić information content (AvgIpc) is 3.77. The summed E-state index contributed by atoms with van der Waals surface area (Å²) in [5.41, 5.74) is 14.1. The van der Waals surface area contributed by atoms with E-state index >= 15 is 0 Å². The van der Waals surface area contributed by atoms with Crippen LogP contribution in [0, 0.1) is 0 Å². The van der Waals surface area contributed by atoms with Crippen molar-refractivity contribution in [2.75, 3.05) is 0 Å². The van der Waals surface area contributed by atoms with Gasteiger partial charge in [0.2, 0.25) is 0 Å². The maximum Gasteiger partial charge on any atom is 0.180 e. The van der Waals surface area contributed by atoms with Gasteiger partial charge in [0.25, 0.3) is 0 Å². The molecule has 8 aromatic carbocycles. The number of aromatic nitrogens is 2. The Balaban J connectivity index is 1.26. The van der Waals surface area contributed by atoms with E-state index in [1.165, 1.54) is 38.8 Å². The minimum absolute atomic E-state index is 0.529. The Labute approximate surface area is 312 Å². The molecule has 2 heterocycles. The number of hydrogen-bond donors (Lipinski definition) is 0. The monoisotopic (exact) mass is 688 g/mol. The van der Waals surface area contributed by atoms with Crippen molar-refractivity contribution in [3.63, 3.8) is 0 Å². The van der Waals surface area contributed by atoms with Gasteiger partial charge in [0.05, 0.1) is 5.41 Å². The normalized spacial score (nSPS) is 13.0. The maximum atomic E-state index is 6.58. The zero-order valence-corrected chi connectivity index (χ0v) is 29.3. The van der Waals surface area contributed by atoms with Crippen molar-refractivity contribution < 1.29 is 4.42 Å². The van der Waals surface area contributed by atoms with Crippen LogP contribution in [0.2, 0.25) is 0 Å². The molecule has 11 rings (SSSR count). The predicted molar refractivity (Wildman–Crippen MR) is 220 cm³/mol. The topological polar surface area (TPSA) is 38.9 Å². The first-order chi connectivity index (χ1) is 26.8. The van der Waals surface area contributed by atoms with Gasteiger partial charge in [0.1, 0.15) is 16.8 Å². The molecule has 0 aliphatic heterocycles. The fourth-order valence-electron chi connectivity index (χ4n) is 8.77. The number of nitrogens with zero attached hydrogens (tertiary/aromatic N) is 2. The van der Waals surface area contributed by atoms with Gasteiger partial charge >= 0.3 is 0 Å². The van der Waals surface area contributed by atoms with Gasteiger partial charge in [0, 0.05) is 16.5 Å². The standard InChI is InChI=1S/C51H32N2O/c1-4-17-34(18-5-1)41-32-45-42(39-24-12-14-26-44(39)51(45,37-20-6-2-7-21-37)38-22-8-3-9-23-38)31-43(41)50-52-47(36-29-28-33-16-10-11-19-35(33)30-36)49-48(53-50)40-25-13-15-27-46(40)54-49/h1-32H. The molecule has 3 nitrogen and oxygen atoms in total. The van der Waals surface area contributed by atoms with Crippen LogP contribution < -0.4 is 0 Å². The zero-order chi connectivity index (χ0) is 35.6. The lowest BCUT2D eigenvalue weighted by atomic mass is 9.67. The van der Waals surface area contributed by atoms with Crippen LogP contribution in [0.1, 0.15) is 22.3 Å². The Kier molecular flexibility index (Phi) is 6.77. The van der Waals surface area contributed by atoms with E-state index < -0.39 is 5.41 Å². The Morgan fingerprint density at radius 2 is 1.06 bits per heavy atom. The van der Waals surface area contributed by atoms with Gasteiger partial charge in [-0.2, -0.15) is 0 Å². The molecule has 0 spiro atoms. The number of furan rings is 1. The molecule has 1 aliphatic rings. The summed E-state index contributed by atoms with van der Waals surface area (Å²) in [6.45, 7) is 0. The summed E-state index contributed by atoms with van der Waals surface area (Å²) in [4.78, 5) is 10.9. The maximum absolute atomic E-state index is 6.58. The van der Waals surface area contributed by atoms with E-state index in [2.05, 4.69) is 176 Å². The zero-order valence-electron chi connectivity index (χ0n) is 29.3. The Morgan fingerprint density at radius 3 is 1.83 bits per heavy atom. The quantitative estimate of drug-likeness (QED) is 0.181. The molecule has 0 fully saturated rings. The van der Waals surface area contributed by atoms with Gasteiger partial charge in [0.15, 0.2) is 11.4 Å². The molecule has 0 bridgehead atoms. The summed E-state index contributed by atoms with van der Waals surface area (Å²) >= 11 is 0. The Bertz CT molecular complexity index is 3000. The molecule has 2 aromatic heterocycles. The number of para-hydroxylation sites is 1. The SMILES string of the molecule is c1ccc(-c2cc3c(cc2-c2nc(-c4ccc5ccccc5c4)c4oc5ccccc5c4n2)-c2ccccc2C3(c2ccccc2)c2ccccc2)cc1. The van der Waals surface area contributed by atoms with Crippen LogP contribution in [-0.2, 0) is 5.41 Å². The van der Waals surface area contributed by atoms with Crippen molar-refractivity contribution >= 4 is 32.8 Å². The molecule has 252 valence electrons. The summed E-state index contributed by atoms with van der Waals surface area (Å²) in [6, 6.07) is 69.3. The van der Waals surface area contributed by atoms with Crippen molar-refractivity contribution in [3.05, 3.63) is 216 Å². The minimum Gasteiger partial charge on any atom is -0.452 e. The summed E-state index contributed by atoms with van der Waals surface area (Å²) in [7, 11) is 0. The second-order valence-corrected chi connectivity index (χ2v) is 14.1. The highest BCUT2D eigenvalue weighted by atomic mass is 16.3. The van der Waals surface area contributed by atoms with Gasteiger partial charge < -0.3 is 4.42 Å². The molecule has 0 radical (unpaired) electrons. The predicted octanol–water partition coefficient (Wildman–Crippen LogP) is 12.9. The Morgan fingerprint density at radius 1 is 0.407 bits per heavy atom. The molecule has 1 aliphatic carbocycles. The molecule has 0 amide bonds. The van der Waals surface area contributed by atoms with Crippen LogP contribution in [0.5, 0.6) is 0 Å². The summed E-state index contributed by atoms with van der Waals surface area (Å²) < 4.78 is 6.58. The highest BCUT2D eigenvalue weighted by Crippen LogP contribution is 2.58. The number of hydrogen-bond acceptors (Lipinski definition) is 3. The highest BCUT2D eigenvalue weighted by Gasteiger charge is 2.46. The molecular formula is C51H32N2O. The lowest BCUT2D eigenvalue weighted by Crippen LogP contribution is -2.28. The van der Waals surface area contributed by atoms with Crippen LogP contribution in [0.25, 0.3) is 77.7 Å². The third-order valence-corrected chi connectivity index (χ3v) is 11.2. The van der Waals surface area contributed by atoms with Gasteiger partial charge in [-0.05, 0) is 85.6 Å². The van der Waals surface area contributed by atoms with E-state index in [1.807, 2.05) is 18.2 Å². The second kappa shape index (κ2) is 12.0. The summed E-state index contributed by atoms with van der Waals surface area (Å²) in [5.74, 6) is 0.660. The first kappa shape index (κ1) is 30.5. The fourth-order valence-corrected chi connectivity index (χ4v) is 8.77. The molecule has 0 N–H and O–H groups in total. The third-order valence-electron chi connectivity index (χ3n) is 11.2. The van der Waals surface area contributed by atoms with Crippen molar-refractivity contribution in [3.8, 4) is 44.9 Å². The molecule has 0 saturated heterocycles. The molecule has 3 heteroatoms. The highest BCUT2D eigenvalue weighted by molar-refractivity contribution is 6.08. The van der Waals surface area contributed by atoms with Crippen molar-refractivity contribution in [2.24, 2.45) is 0 Å². The molecule has 0 unspecified atom stereocenters. The van der Waals surface area contributed by atoms with E-state index in [0.717, 1.165) is 49.8 Å². The lowest BCUT2D eigenvalue weighted by molar-refractivity contribution is 0.667. The number of rotatable bonds is 5.